The predicted molar refractivity (Wildman–Crippen MR) is 116 cm³/mol. The van der Waals surface area contributed by atoms with Crippen LogP contribution < -0.4 is 19.7 Å². The van der Waals surface area contributed by atoms with Crippen molar-refractivity contribution in [1.29, 1.82) is 0 Å². The average molecular weight is 412 g/mol. The van der Waals surface area contributed by atoms with Crippen molar-refractivity contribution in [3.05, 3.63) is 35.8 Å². The molecule has 2 amide bonds. The molecule has 30 heavy (non-hydrogen) atoms. The number of hydrogen-bond donors (Lipinski definition) is 1. The fourth-order valence-corrected chi connectivity index (χ4v) is 3.58. The Balaban J connectivity index is 1.36. The van der Waals surface area contributed by atoms with Crippen LogP contribution in [0.25, 0.3) is 0 Å². The summed E-state index contributed by atoms with van der Waals surface area (Å²) in [6.45, 7) is 10.2. The molecule has 8 heteroatoms. The zero-order chi connectivity index (χ0) is 21.1. The SMILES string of the molecule is Cc1cc(N2CCN(C(=O)Nc3ccc4c(c3)OCCCO4)CC2)nc(C(C)C)n1. The summed E-state index contributed by atoms with van der Waals surface area (Å²) in [5, 5.41) is 2.98. The van der Waals surface area contributed by atoms with E-state index in [1.54, 1.807) is 0 Å². The van der Waals surface area contributed by atoms with E-state index in [4.69, 9.17) is 14.5 Å². The van der Waals surface area contributed by atoms with Crippen molar-refractivity contribution < 1.29 is 14.3 Å². The van der Waals surface area contributed by atoms with Crippen molar-refractivity contribution in [2.24, 2.45) is 0 Å². The number of nitrogens with zero attached hydrogens (tertiary/aromatic N) is 4. The molecular weight excluding hydrogens is 382 g/mol. The quantitative estimate of drug-likeness (QED) is 0.834. The molecule has 1 fully saturated rings. The molecule has 0 radical (unpaired) electrons. The minimum Gasteiger partial charge on any atom is -0.490 e. The highest BCUT2D eigenvalue weighted by atomic mass is 16.5. The van der Waals surface area contributed by atoms with Gasteiger partial charge in [0.2, 0.25) is 0 Å². The normalized spacial score (nSPS) is 16.4. The number of amides is 2. The van der Waals surface area contributed by atoms with E-state index < -0.39 is 0 Å². The first-order chi connectivity index (χ1) is 14.5. The van der Waals surface area contributed by atoms with Gasteiger partial charge in [-0.2, -0.15) is 0 Å². The molecule has 1 aromatic heterocycles. The second-order valence-electron chi connectivity index (χ2n) is 8.00. The van der Waals surface area contributed by atoms with Crippen LogP contribution in [0.5, 0.6) is 11.5 Å². The summed E-state index contributed by atoms with van der Waals surface area (Å²) in [5.74, 6) is 3.48. The van der Waals surface area contributed by atoms with Crippen molar-refractivity contribution in [3.63, 3.8) is 0 Å². The van der Waals surface area contributed by atoms with Gasteiger partial charge in [-0.15, -0.1) is 0 Å². The smallest absolute Gasteiger partial charge is 0.321 e. The van der Waals surface area contributed by atoms with Crippen molar-refractivity contribution >= 4 is 17.5 Å². The van der Waals surface area contributed by atoms with Crippen molar-refractivity contribution in [2.45, 2.75) is 33.1 Å². The van der Waals surface area contributed by atoms with Gasteiger partial charge >= 0.3 is 6.03 Å². The first kappa shape index (κ1) is 20.3. The number of benzene rings is 1. The number of ether oxygens (including phenoxy) is 2. The molecule has 0 spiro atoms. The number of carbonyl (C=O) groups is 1. The van der Waals surface area contributed by atoms with Crippen LogP contribution in [0, 0.1) is 6.92 Å². The lowest BCUT2D eigenvalue weighted by molar-refractivity contribution is 0.208. The number of aromatic nitrogens is 2. The van der Waals surface area contributed by atoms with Gasteiger partial charge in [0.15, 0.2) is 11.5 Å². The fraction of sp³-hybridized carbons (Fsp3) is 0.500. The minimum atomic E-state index is -0.106. The van der Waals surface area contributed by atoms with Gasteiger partial charge in [0, 0.05) is 62.0 Å². The number of rotatable bonds is 3. The second-order valence-corrected chi connectivity index (χ2v) is 8.00. The van der Waals surface area contributed by atoms with E-state index in [2.05, 4.69) is 29.0 Å². The molecule has 2 aliphatic rings. The number of aryl methyl sites for hydroxylation is 1. The Morgan fingerprint density at radius 3 is 2.50 bits per heavy atom. The fourth-order valence-electron chi connectivity index (χ4n) is 3.58. The lowest BCUT2D eigenvalue weighted by Crippen LogP contribution is -2.50. The molecule has 1 N–H and O–H groups in total. The van der Waals surface area contributed by atoms with Gasteiger partial charge in [0.1, 0.15) is 11.6 Å². The van der Waals surface area contributed by atoms with Crippen LogP contribution in [0.3, 0.4) is 0 Å². The number of hydrogen-bond acceptors (Lipinski definition) is 6. The summed E-state index contributed by atoms with van der Waals surface area (Å²) in [6, 6.07) is 7.42. The van der Waals surface area contributed by atoms with Crippen LogP contribution in [-0.4, -0.2) is 60.3 Å². The topological polar surface area (TPSA) is 79.8 Å². The second kappa shape index (κ2) is 8.77. The highest BCUT2D eigenvalue weighted by molar-refractivity contribution is 5.90. The molecule has 3 heterocycles. The summed E-state index contributed by atoms with van der Waals surface area (Å²) >= 11 is 0. The molecule has 1 aromatic carbocycles. The number of piperazine rings is 1. The Labute approximate surface area is 177 Å². The summed E-state index contributed by atoms with van der Waals surface area (Å²) in [5.41, 5.74) is 1.68. The maximum absolute atomic E-state index is 12.7. The van der Waals surface area contributed by atoms with Gasteiger partial charge in [-0.3, -0.25) is 0 Å². The molecule has 1 saturated heterocycles. The highest BCUT2D eigenvalue weighted by Gasteiger charge is 2.23. The van der Waals surface area contributed by atoms with Crippen LogP contribution in [0.1, 0.15) is 37.7 Å². The highest BCUT2D eigenvalue weighted by Crippen LogP contribution is 2.32. The standard InChI is InChI=1S/C22H29N5O3/c1-15(2)21-23-16(3)13-20(25-21)26-7-9-27(10-8-26)22(28)24-17-5-6-18-19(14-17)30-12-4-11-29-18/h5-6,13-15H,4,7-12H2,1-3H3,(H,24,28). The Morgan fingerprint density at radius 2 is 1.77 bits per heavy atom. The van der Waals surface area contributed by atoms with E-state index in [9.17, 15) is 4.79 Å². The van der Waals surface area contributed by atoms with E-state index in [0.717, 1.165) is 42.6 Å². The molecule has 8 nitrogen and oxygen atoms in total. The lowest BCUT2D eigenvalue weighted by atomic mass is 10.2. The zero-order valence-corrected chi connectivity index (χ0v) is 17.9. The Kier molecular flexibility index (Phi) is 5.92. The van der Waals surface area contributed by atoms with E-state index in [1.165, 1.54) is 0 Å². The number of carbonyl (C=O) groups excluding carboxylic acids is 1. The molecule has 2 aromatic rings. The van der Waals surface area contributed by atoms with Gasteiger partial charge in [-0.25, -0.2) is 14.8 Å². The third-order valence-electron chi connectivity index (χ3n) is 5.26. The van der Waals surface area contributed by atoms with Gasteiger partial charge in [-0.1, -0.05) is 13.8 Å². The lowest BCUT2D eigenvalue weighted by Gasteiger charge is -2.35. The summed E-state index contributed by atoms with van der Waals surface area (Å²) in [6.07, 6.45) is 0.852. The maximum atomic E-state index is 12.7. The van der Waals surface area contributed by atoms with E-state index >= 15 is 0 Å². The molecule has 0 bridgehead atoms. The number of fused-ring (bicyclic) bond motifs is 1. The first-order valence-corrected chi connectivity index (χ1v) is 10.6. The van der Waals surface area contributed by atoms with Crippen LogP contribution in [0.2, 0.25) is 0 Å². The van der Waals surface area contributed by atoms with E-state index in [1.807, 2.05) is 36.1 Å². The summed E-state index contributed by atoms with van der Waals surface area (Å²) in [7, 11) is 0. The molecular formula is C22H29N5O3. The van der Waals surface area contributed by atoms with Crippen LogP contribution >= 0.6 is 0 Å². The molecule has 0 atom stereocenters. The van der Waals surface area contributed by atoms with Crippen LogP contribution in [0.15, 0.2) is 24.3 Å². The zero-order valence-electron chi connectivity index (χ0n) is 17.9. The van der Waals surface area contributed by atoms with Crippen molar-refractivity contribution in [3.8, 4) is 11.5 Å². The van der Waals surface area contributed by atoms with Crippen LogP contribution in [0.4, 0.5) is 16.3 Å². The molecule has 0 saturated carbocycles. The van der Waals surface area contributed by atoms with E-state index in [0.29, 0.717) is 37.7 Å². The molecule has 4 rings (SSSR count). The summed E-state index contributed by atoms with van der Waals surface area (Å²) < 4.78 is 11.4. The van der Waals surface area contributed by atoms with Gasteiger partial charge < -0.3 is 24.6 Å². The first-order valence-electron chi connectivity index (χ1n) is 10.6. The van der Waals surface area contributed by atoms with Crippen molar-refractivity contribution in [2.75, 3.05) is 49.6 Å². The van der Waals surface area contributed by atoms with Gasteiger partial charge in [0.05, 0.1) is 13.2 Å². The number of anilines is 2. The van der Waals surface area contributed by atoms with Gasteiger partial charge in [-0.05, 0) is 19.1 Å². The molecule has 0 aliphatic carbocycles. The van der Waals surface area contributed by atoms with Gasteiger partial charge in [0.25, 0.3) is 0 Å². The Morgan fingerprint density at radius 1 is 1.03 bits per heavy atom. The molecule has 2 aliphatic heterocycles. The monoisotopic (exact) mass is 411 g/mol. The van der Waals surface area contributed by atoms with Crippen LogP contribution in [-0.2, 0) is 0 Å². The van der Waals surface area contributed by atoms with E-state index in [-0.39, 0.29) is 11.9 Å². The summed E-state index contributed by atoms with van der Waals surface area (Å²) in [4.78, 5) is 26.0. The third kappa shape index (κ3) is 4.58. The Bertz CT molecular complexity index is 910. The minimum absolute atomic E-state index is 0.106. The maximum Gasteiger partial charge on any atom is 0.321 e. The Hall–Kier alpha value is -3.03. The predicted octanol–water partition coefficient (Wildman–Crippen LogP) is 3.42. The number of urea groups is 1. The average Bonchev–Trinajstić information content (AvgIpc) is 2.98. The molecule has 160 valence electrons. The third-order valence-corrected chi connectivity index (χ3v) is 5.26. The molecule has 0 unspecified atom stereocenters. The van der Waals surface area contributed by atoms with Crippen molar-refractivity contribution in [1.82, 2.24) is 14.9 Å². The number of nitrogens with one attached hydrogen (secondary N) is 1. The largest absolute Gasteiger partial charge is 0.490 e.